The first kappa shape index (κ1) is 15.9. The van der Waals surface area contributed by atoms with E-state index >= 15 is 0 Å². The summed E-state index contributed by atoms with van der Waals surface area (Å²) < 4.78 is 14.0. The summed E-state index contributed by atoms with van der Waals surface area (Å²) >= 11 is 0. The van der Waals surface area contributed by atoms with Crippen molar-refractivity contribution in [3.05, 3.63) is 53.6 Å². The first-order valence-electron chi connectivity index (χ1n) is 6.87. The zero-order valence-corrected chi connectivity index (χ0v) is 12.5. The first-order chi connectivity index (χ1) is 12.0. The Bertz CT molecular complexity index is 992. The minimum absolute atomic E-state index is 0.0152. The van der Waals surface area contributed by atoms with E-state index in [1.165, 1.54) is 30.3 Å². The van der Waals surface area contributed by atoms with Gasteiger partial charge >= 0.3 is 5.97 Å². The van der Waals surface area contributed by atoms with Gasteiger partial charge in [-0.2, -0.15) is 25.0 Å². The van der Waals surface area contributed by atoms with Crippen molar-refractivity contribution in [2.45, 2.75) is 0 Å². The summed E-state index contributed by atoms with van der Waals surface area (Å²) in [7, 11) is 0. The van der Waals surface area contributed by atoms with Crippen LogP contribution in [0, 0.1) is 17.1 Å². The molecule has 0 fully saturated rings. The van der Waals surface area contributed by atoms with E-state index in [0.29, 0.717) is 5.69 Å². The van der Waals surface area contributed by atoms with Crippen molar-refractivity contribution < 1.29 is 14.3 Å². The maximum absolute atomic E-state index is 13.0. The molecule has 124 valence electrons. The van der Waals surface area contributed by atoms with E-state index in [-0.39, 0.29) is 28.8 Å². The lowest BCUT2D eigenvalue weighted by Gasteiger charge is -2.08. The molecule has 0 aliphatic rings. The Morgan fingerprint density at radius 3 is 2.64 bits per heavy atom. The summed E-state index contributed by atoms with van der Waals surface area (Å²) in [5, 5.41) is 24.9. The molecule has 0 aliphatic heterocycles. The van der Waals surface area contributed by atoms with Crippen LogP contribution in [0.1, 0.15) is 16.1 Å². The number of nitrogen functional groups attached to an aromatic ring is 1. The Morgan fingerprint density at radius 1 is 1.32 bits per heavy atom. The summed E-state index contributed by atoms with van der Waals surface area (Å²) in [6.45, 7) is 0. The number of nitriles is 1. The van der Waals surface area contributed by atoms with Crippen LogP contribution in [0.3, 0.4) is 0 Å². The van der Waals surface area contributed by atoms with E-state index in [2.05, 4.69) is 20.4 Å². The lowest BCUT2D eigenvalue weighted by atomic mass is 10.3. The second-order valence-electron chi connectivity index (χ2n) is 4.84. The van der Waals surface area contributed by atoms with Crippen LogP contribution in [0.4, 0.5) is 21.7 Å². The Hall–Kier alpha value is -4.00. The number of nitrogens with one attached hydrogen (secondary N) is 1. The van der Waals surface area contributed by atoms with Crippen LogP contribution in [0.2, 0.25) is 0 Å². The molecule has 0 saturated heterocycles. The molecule has 10 heteroatoms. The number of carbonyl (C=O) groups is 1. The van der Waals surface area contributed by atoms with Crippen LogP contribution in [-0.4, -0.2) is 30.8 Å². The van der Waals surface area contributed by atoms with E-state index in [0.717, 1.165) is 10.9 Å². The van der Waals surface area contributed by atoms with Crippen LogP contribution >= 0.6 is 0 Å². The van der Waals surface area contributed by atoms with Crippen LogP contribution < -0.4 is 11.1 Å². The van der Waals surface area contributed by atoms with Crippen LogP contribution in [0.5, 0.6) is 0 Å². The van der Waals surface area contributed by atoms with E-state index in [1.807, 2.05) is 6.07 Å². The number of carboxylic acids is 1. The SMILES string of the molecule is N#Cc1cc(Nc2ccc(F)cc2)nc(-n2ncc(C(=O)O)c2N)n1. The second kappa shape index (κ2) is 6.25. The van der Waals surface area contributed by atoms with Gasteiger partial charge in [0.05, 0.1) is 6.20 Å². The molecule has 2 heterocycles. The first-order valence-corrected chi connectivity index (χ1v) is 6.87. The van der Waals surface area contributed by atoms with E-state index in [1.54, 1.807) is 0 Å². The maximum Gasteiger partial charge on any atom is 0.341 e. The normalized spacial score (nSPS) is 10.2. The van der Waals surface area contributed by atoms with Crippen molar-refractivity contribution in [1.82, 2.24) is 19.7 Å². The number of hydrogen-bond acceptors (Lipinski definition) is 7. The second-order valence-corrected chi connectivity index (χ2v) is 4.84. The summed E-state index contributed by atoms with van der Waals surface area (Å²) in [6.07, 6.45) is 1.06. The smallest absolute Gasteiger partial charge is 0.341 e. The highest BCUT2D eigenvalue weighted by Gasteiger charge is 2.17. The van der Waals surface area contributed by atoms with Crippen molar-refractivity contribution in [1.29, 1.82) is 5.26 Å². The number of benzene rings is 1. The number of aromatic nitrogens is 4. The average Bonchev–Trinajstić information content (AvgIpc) is 2.98. The molecule has 4 N–H and O–H groups in total. The molecule has 0 bridgehead atoms. The standard InChI is InChI=1S/C15H10FN7O2/c16-8-1-3-9(4-2-8)20-12-5-10(6-17)21-15(22-12)23-13(18)11(7-19-23)14(24)25/h1-5,7H,18H2,(H,24,25)(H,20,21,22). The number of nitrogens with zero attached hydrogens (tertiary/aromatic N) is 5. The number of halogens is 1. The molecule has 0 saturated carbocycles. The van der Waals surface area contributed by atoms with E-state index in [4.69, 9.17) is 16.1 Å². The molecule has 0 amide bonds. The highest BCUT2D eigenvalue weighted by atomic mass is 19.1. The third-order valence-electron chi connectivity index (χ3n) is 3.17. The molecule has 25 heavy (non-hydrogen) atoms. The molecule has 0 spiro atoms. The molecule has 1 aromatic carbocycles. The number of hydrogen-bond donors (Lipinski definition) is 3. The monoisotopic (exact) mass is 339 g/mol. The number of aromatic carboxylic acids is 1. The van der Waals surface area contributed by atoms with E-state index < -0.39 is 11.8 Å². The van der Waals surface area contributed by atoms with Gasteiger partial charge < -0.3 is 16.2 Å². The molecular weight excluding hydrogens is 329 g/mol. The topological polar surface area (TPSA) is 143 Å². The quantitative estimate of drug-likeness (QED) is 0.651. The highest BCUT2D eigenvalue weighted by Crippen LogP contribution is 2.19. The Kier molecular flexibility index (Phi) is 3.97. The Balaban J connectivity index is 2.02. The molecule has 0 aliphatic carbocycles. The van der Waals surface area contributed by atoms with Gasteiger partial charge in [0.1, 0.15) is 34.8 Å². The minimum atomic E-state index is -1.25. The summed E-state index contributed by atoms with van der Waals surface area (Å²) in [5.41, 5.74) is 6.08. The third-order valence-corrected chi connectivity index (χ3v) is 3.17. The van der Waals surface area contributed by atoms with Crippen molar-refractivity contribution in [3.8, 4) is 12.0 Å². The molecule has 0 unspecified atom stereocenters. The molecule has 2 aromatic heterocycles. The molecule has 0 radical (unpaired) electrons. The van der Waals surface area contributed by atoms with Gasteiger partial charge in [-0.1, -0.05) is 0 Å². The number of carboxylic acid groups (broad SMARTS) is 1. The average molecular weight is 339 g/mol. The zero-order chi connectivity index (χ0) is 18.0. The van der Waals surface area contributed by atoms with Crippen molar-refractivity contribution in [3.63, 3.8) is 0 Å². The van der Waals surface area contributed by atoms with Gasteiger partial charge in [-0.05, 0) is 24.3 Å². The predicted octanol–water partition coefficient (Wildman–Crippen LogP) is 1.70. The fraction of sp³-hybridized carbons (Fsp3) is 0. The fourth-order valence-electron chi connectivity index (χ4n) is 2.01. The van der Waals surface area contributed by atoms with Gasteiger partial charge in [-0.3, -0.25) is 0 Å². The van der Waals surface area contributed by atoms with Crippen molar-refractivity contribution in [2.75, 3.05) is 11.1 Å². The highest BCUT2D eigenvalue weighted by molar-refractivity contribution is 5.92. The molecular formula is C15H10FN7O2. The molecule has 3 rings (SSSR count). The van der Waals surface area contributed by atoms with Crippen LogP contribution in [-0.2, 0) is 0 Å². The van der Waals surface area contributed by atoms with Gasteiger partial charge in [0, 0.05) is 11.8 Å². The van der Waals surface area contributed by atoms with Crippen molar-refractivity contribution >= 4 is 23.3 Å². The van der Waals surface area contributed by atoms with Gasteiger partial charge in [-0.25, -0.2) is 9.18 Å². The third kappa shape index (κ3) is 3.20. The summed E-state index contributed by atoms with van der Waals surface area (Å²) in [6, 6.07) is 8.77. The molecule has 0 atom stereocenters. The molecule has 3 aromatic rings. The predicted molar refractivity (Wildman–Crippen MR) is 84.9 cm³/mol. The maximum atomic E-state index is 13.0. The fourth-order valence-corrected chi connectivity index (χ4v) is 2.01. The summed E-state index contributed by atoms with van der Waals surface area (Å²) in [5.74, 6) is -1.65. The Morgan fingerprint density at radius 2 is 2.04 bits per heavy atom. The van der Waals surface area contributed by atoms with Crippen LogP contribution in [0.25, 0.3) is 5.95 Å². The lowest BCUT2D eigenvalue weighted by Crippen LogP contribution is -2.10. The van der Waals surface area contributed by atoms with Gasteiger partial charge in [0.15, 0.2) is 0 Å². The Labute approximate surface area is 140 Å². The lowest BCUT2D eigenvalue weighted by molar-refractivity contribution is 0.0698. The van der Waals surface area contributed by atoms with Gasteiger partial charge in [0.2, 0.25) is 0 Å². The van der Waals surface area contributed by atoms with Crippen molar-refractivity contribution in [2.24, 2.45) is 0 Å². The van der Waals surface area contributed by atoms with Gasteiger partial charge in [0.25, 0.3) is 5.95 Å². The zero-order valence-electron chi connectivity index (χ0n) is 12.5. The summed E-state index contributed by atoms with van der Waals surface area (Å²) in [4.78, 5) is 19.2. The number of anilines is 3. The number of nitrogens with two attached hydrogens (primary N) is 1. The molecule has 9 nitrogen and oxygen atoms in total. The largest absolute Gasteiger partial charge is 0.477 e. The number of rotatable bonds is 4. The van der Waals surface area contributed by atoms with Gasteiger partial charge in [-0.15, -0.1) is 0 Å². The minimum Gasteiger partial charge on any atom is -0.477 e. The van der Waals surface area contributed by atoms with Crippen LogP contribution in [0.15, 0.2) is 36.5 Å². The van der Waals surface area contributed by atoms with E-state index in [9.17, 15) is 9.18 Å².